The third-order valence-electron chi connectivity index (χ3n) is 8.52. The lowest BCUT2D eigenvalue weighted by atomic mass is 9.59. The molecule has 1 N–H and O–H groups in total. The van der Waals surface area contributed by atoms with E-state index >= 15 is 0 Å². The van der Waals surface area contributed by atoms with Gasteiger partial charge in [0.25, 0.3) is 0 Å². The first-order valence-electron chi connectivity index (χ1n) is 12.8. The van der Waals surface area contributed by atoms with Crippen LogP contribution in [0.25, 0.3) is 0 Å². The number of hydrogen-bond donors (Lipinski definition) is 1. The zero-order valence-corrected chi connectivity index (χ0v) is 22.4. The smallest absolute Gasteiger partial charge is 0.238 e. The lowest BCUT2D eigenvalue weighted by molar-refractivity contribution is -0.123. The van der Waals surface area contributed by atoms with Crippen LogP contribution in [0.3, 0.4) is 0 Å². The van der Waals surface area contributed by atoms with E-state index in [0.717, 1.165) is 11.1 Å². The maximum absolute atomic E-state index is 14.0. The summed E-state index contributed by atoms with van der Waals surface area (Å²) in [6, 6.07) is 9.86. The number of imide groups is 1. The van der Waals surface area contributed by atoms with Crippen LogP contribution in [0.15, 0.2) is 70.8 Å². The highest BCUT2D eigenvalue weighted by molar-refractivity contribution is 6.32. The predicted octanol–water partition coefficient (Wildman–Crippen LogP) is 5.00. The van der Waals surface area contributed by atoms with Crippen molar-refractivity contribution in [2.24, 2.45) is 17.8 Å². The zero-order chi connectivity index (χ0) is 27.7. The molecule has 7 nitrogen and oxygen atoms in total. The number of aromatic hydroxyl groups is 1. The Hall–Kier alpha value is -3.97. The molecule has 2 aromatic carbocycles. The van der Waals surface area contributed by atoms with E-state index in [1.165, 1.54) is 24.2 Å². The van der Waals surface area contributed by atoms with Crippen LogP contribution in [0.4, 0.5) is 5.69 Å². The van der Waals surface area contributed by atoms with Crippen LogP contribution in [-0.4, -0.2) is 35.6 Å². The van der Waals surface area contributed by atoms with E-state index in [1.807, 2.05) is 13.0 Å². The number of phenolic OH excluding ortho intramolecular Hbond substituents is 1. The molecule has 6 rings (SSSR count). The van der Waals surface area contributed by atoms with Crippen LogP contribution in [-0.2, 0) is 19.2 Å². The number of ketones is 2. The number of hydrogen-bond acceptors (Lipinski definition) is 6. The summed E-state index contributed by atoms with van der Waals surface area (Å²) < 4.78 is 5.40. The molecule has 0 radical (unpaired) electrons. The van der Waals surface area contributed by atoms with Crippen LogP contribution in [0, 0.1) is 24.7 Å². The van der Waals surface area contributed by atoms with Gasteiger partial charge in [-0.25, -0.2) is 4.90 Å². The fraction of sp³-hybridized carbons (Fsp3) is 0.290. The zero-order valence-electron chi connectivity index (χ0n) is 21.7. The minimum atomic E-state index is -0.749. The van der Waals surface area contributed by atoms with Gasteiger partial charge in [0.2, 0.25) is 11.8 Å². The van der Waals surface area contributed by atoms with Crippen molar-refractivity contribution in [2.75, 3.05) is 12.0 Å². The van der Waals surface area contributed by atoms with Gasteiger partial charge in [0.1, 0.15) is 11.5 Å². The Morgan fingerprint density at radius 1 is 1.00 bits per heavy atom. The van der Waals surface area contributed by atoms with Gasteiger partial charge in [-0.05, 0) is 74.6 Å². The van der Waals surface area contributed by atoms with Gasteiger partial charge in [-0.1, -0.05) is 29.3 Å². The number of carbonyl (C=O) groups is 4. The van der Waals surface area contributed by atoms with Gasteiger partial charge in [0, 0.05) is 33.2 Å². The molecule has 39 heavy (non-hydrogen) atoms. The molecule has 1 fully saturated rings. The van der Waals surface area contributed by atoms with Crippen molar-refractivity contribution in [3.05, 3.63) is 87.0 Å². The molecule has 198 valence electrons. The molecule has 3 aliphatic carbocycles. The number of fused-ring (bicyclic) bond motifs is 3. The SMILES string of the molecule is COc1ccc(O)c(C2C3=CCC4C(=O)N(c5ccc(C)c(Cl)c5)C(=O)C4C3CC3=C2C(=O)C(C)=CC3=O)c1. The van der Waals surface area contributed by atoms with Gasteiger partial charge in [-0.3, -0.25) is 19.2 Å². The summed E-state index contributed by atoms with van der Waals surface area (Å²) in [5.41, 5.74) is 3.41. The molecule has 4 atom stereocenters. The molecule has 4 aliphatic rings. The average Bonchev–Trinajstić information content (AvgIpc) is 3.18. The van der Waals surface area contributed by atoms with E-state index in [4.69, 9.17) is 16.3 Å². The maximum atomic E-state index is 14.0. The van der Waals surface area contributed by atoms with E-state index in [-0.39, 0.29) is 35.6 Å². The van der Waals surface area contributed by atoms with Crippen LogP contribution < -0.4 is 9.64 Å². The number of carbonyl (C=O) groups excluding carboxylic acids is 4. The van der Waals surface area contributed by atoms with Crippen LogP contribution in [0.1, 0.15) is 36.8 Å². The van der Waals surface area contributed by atoms with E-state index < -0.39 is 23.7 Å². The van der Waals surface area contributed by atoms with Crippen molar-refractivity contribution < 1.29 is 29.0 Å². The monoisotopic (exact) mass is 543 g/mol. The van der Waals surface area contributed by atoms with Gasteiger partial charge in [-0.15, -0.1) is 0 Å². The molecule has 0 spiro atoms. The second-order valence-electron chi connectivity index (χ2n) is 10.6. The average molecular weight is 544 g/mol. The van der Waals surface area contributed by atoms with Crippen molar-refractivity contribution >= 4 is 40.7 Å². The highest BCUT2D eigenvalue weighted by Crippen LogP contribution is 2.56. The summed E-state index contributed by atoms with van der Waals surface area (Å²) >= 11 is 6.32. The Balaban J connectivity index is 1.50. The molecular weight excluding hydrogens is 518 g/mol. The molecule has 1 saturated heterocycles. The lowest BCUT2D eigenvalue weighted by Gasteiger charge is -2.42. The number of halogens is 1. The molecule has 0 aromatic heterocycles. The summed E-state index contributed by atoms with van der Waals surface area (Å²) in [6.45, 7) is 3.45. The Labute approximate surface area is 230 Å². The number of methoxy groups -OCH3 is 1. The summed E-state index contributed by atoms with van der Waals surface area (Å²) in [6.07, 6.45) is 3.72. The standard InChI is InChI=1S/C31H26ClNO6/c1-14-4-5-16(11-23(14)32)33-30(37)19-8-7-18-20(27(19)31(33)38)13-22-25(35)10-15(2)29(36)28(22)26(18)21-12-17(39-3)6-9-24(21)34/h4-7,9-12,19-20,26-27,34H,8,13H2,1-3H3. The van der Waals surface area contributed by atoms with Crippen molar-refractivity contribution in [1.29, 1.82) is 0 Å². The highest BCUT2D eigenvalue weighted by Gasteiger charge is 2.56. The Morgan fingerprint density at radius 3 is 2.49 bits per heavy atom. The number of ether oxygens (including phenoxy) is 1. The first-order chi connectivity index (χ1) is 18.6. The number of allylic oxidation sites excluding steroid dienone is 6. The molecule has 2 amide bonds. The number of phenols is 1. The normalized spacial score (nSPS) is 26.2. The minimum Gasteiger partial charge on any atom is -0.508 e. The Kier molecular flexibility index (Phi) is 5.88. The quantitative estimate of drug-likeness (QED) is 0.332. The molecule has 0 bridgehead atoms. The molecule has 1 aliphatic heterocycles. The summed E-state index contributed by atoms with van der Waals surface area (Å²) in [5, 5.41) is 11.4. The molecule has 1 heterocycles. The van der Waals surface area contributed by atoms with Gasteiger partial charge in [-0.2, -0.15) is 0 Å². The van der Waals surface area contributed by atoms with Gasteiger partial charge in [0.05, 0.1) is 24.6 Å². The molecule has 0 saturated carbocycles. The number of nitrogens with zero attached hydrogens (tertiary/aromatic N) is 1. The number of amides is 2. The summed E-state index contributed by atoms with van der Waals surface area (Å²) in [5.74, 6) is -3.31. The van der Waals surface area contributed by atoms with E-state index in [9.17, 15) is 24.3 Å². The Morgan fingerprint density at radius 2 is 1.77 bits per heavy atom. The predicted molar refractivity (Wildman–Crippen MR) is 145 cm³/mol. The first kappa shape index (κ1) is 25.3. The number of Topliss-reactive ketones (excluding diaryl/α,β-unsaturated/α-hetero) is 1. The van der Waals surface area contributed by atoms with Crippen molar-refractivity contribution in [2.45, 2.75) is 32.6 Å². The van der Waals surface area contributed by atoms with E-state index in [0.29, 0.717) is 45.2 Å². The molecule has 2 aromatic rings. The third-order valence-corrected chi connectivity index (χ3v) is 8.93. The number of rotatable bonds is 3. The summed E-state index contributed by atoms with van der Waals surface area (Å²) in [7, 11) is 1.51. The van der Waals surface area contributed by atoms with Crippen LogP contribution >= 0.6 is 11.6 Å². The van der Waals surface area contributed by atoms with Crippen molar-refractivity contribution in [1.82, 2.24) is 0 Å². The van der Waals surface area contributed by atoms with E-state index in [2.05, 4.69) is 0 Å². The van der Waals surface area contributed by atoms with Crippen molar-refractivity contribution in [3.63, 3.8) is 0 Å². The lowest BCUT2D eigenvalue weighted by Crippen LogP contribution is -2.39. The number of benzene rings is 2. The summed E-state index contributed by atoms with van der Waals surface area (Å²) in [4.78, 5) is 55.5. The highest BCUT2D eigenvalue weighted by atomic mass is 35.5. The molecule has 4 unspecified atom stereocenters. The minimum absolute atomic E-state index is 0.0477. The molecular formula is C31H26ClNO6. The second-order valence-corrected chi connectivity index (χ2v) is 11.0. The van der Waals surface area contributed by atoms with Crippen molar-refractivity contribution in [3.8, 4) is 11.5 Å². The Bertz CT molecular complexity index is 1600. The number of aryl methyl sites for hydroxylation is 1. The number of anilines is 1. The van der Waals surface area contributed by atoms with Crippen LogP contribution in [0.2, 0.25) is 5.02 Å². The van der Waals surface area contributed by atoms with E-state index in [1.54, 1.807) is 37.3 Å². The van der Waals surface area contributed by atoms with Gasteiger partial charge in [0.15, 0.2) is 11.6 Å². The van der Waals surface area contributed by atoms with Crippen LogP contribution in [0.5, 0.6) is 11.5 Å². The maximum Gasteiger partial charge on any atom is 0.238 e. The largest absolute Gasteiger partial charge is 0.508 e. The second kappa shape index (κ2) is 9.06. The third kappa shape index (κ3) is 3.71. The fourth-order valence-corrected chi connectivity index (χ4v) is 6.76. The van der Waals surface area contributed by atoms with Gasteiger partial charge >= 0.3 is 0 Å². The first-order valence-corrected chi connectivity index (χ1v) is 13.2. The molecule has 8 heteroatoms. The van der Waals surface area contributed by atoms with Gasteiger partial charge < -0.3 is 9.84 Å². The fourth-order valence-electron chi connectivity index (χ4n) is 6.58. The topological polar surface area (TPSA) is 101 Å².